The molecular formula is C29H30N6O2. The minimum absolute atomic E-state index is 0.0881. The third-order valence-corrected chi connectivity index (χ3v) is 8.01. The van der Waals surface area contributed by atoms with Crippen LogP contribution in [0.4, 0.5) is 5.69 Å². The van der Waals surface area contributed by atoms with Crippen molar-refractivity contribution >= 4 is 22.8 Å². The number of H-pyrrole nitrogens is 1. The Hall–Kier alpha value is -3.75. The van der Waals surface area contributed by atoms with E-state index < -0.39 is 0 Å². The number of hydrogen-bond donors (Lipinski definition) is 1. The normalized spacial score (nSPS) is 19.2. The predicted molar refractivity (Wildman–Crippen MR) is 144 cm³/mol. The number of fused-ring (bicyclic) bond motifs is 1. The third kappa shape index (κ3) is 3.97. The van der Waals surface area contributed by atoms with E-state index in [1.165, 1.54) is 5.69 Å². The highest BCUT2D eigenvalue weighted by molar-refractivity contribution is 5.96. The molecule has 5 heterocycles. The van der Waals surface area contributed by atoms with Gasteiger partial charge in [-0.3, -0.25) is 4.79 Å². The minimum Gasteiger partial charge on any atom is -0.380 e. The molecule has 8 heteroatoms. The van der Waals surface area contributed by atoms with Crippen LogP contribution in [0.5, 0.6) is 0 Å². The highest BCUT2D eigenvalue weighted by Gasteiger charge is 2.50. The number of piperazine rings is 1. The first kappa shape index (κ1) is 22.4. The molecule has 7 rings (SSSR count). The van der Waals surface area contributed by atoms with E-state index in [-0.39, 0.29) is 11.3 Å². The summed E-state index contributed by atoms with van der Waals surface area (Å²) < 4.78 is 5.32. The Morgan fingerprint density at radius 3 is 2.32 bits per heavy atom. The number of aromatic nitrogens is 3. The van der Waals surface area contributed by atoms with Crippen LogP contribution in [-0.4, -0.2) is 90.2 Å². The number of aromatic amines is 1. The van der Waals surface area contributed by atoms with Crippen molar-refractivity contribution in [3.05, 3.63) is 66.5 Å². The monoisotopic (exact) mass is 494 g/mol. The summed E-state index contributed by atoms with van der Waals surface area (Å²) in [7, 11) is 2.17. The largest absolute Gasteiger partial charge is 0.380 e. The fraction of sp³-hybridized carbons (Fsp3) is 0.345. The van der Waals surface area contributed by atoms with Crippen molar-refractivity contribution in [2.24, 2.45) is 5.41 Å². The zero-order valence-electron chi connectivity index (χ0n) is 21.0. The van der Waals surface area contributed by atoms with E-state index in [4.69, 9.17) is 9.72 Å². The lowest BCUT2D eigenvalue weighted by Gasteiger charge is -2.54. The molecule has 3 aliphatic heterocycles. The fourth-order valence-corrected chi connectivity index (χ4v) is 5.61. The molecule has 3 aliphatic rings. The number of nitrogens with zero attached hydrogens (tertiary/aromatic N) is 5. The Morgan fingerprint density at radius 1 is 0.946 bits per heavy atom. The average molecular weight is 495 g/mol. The molecule has 37 heavy (non-hydrogen) atoms. The van der Waals surface area contributed by atoms with Gasteiger partial charge in [0.15, 0.2) is 5.65 Å². The van der Waals surface area contributed by atoms with Crippen molar-refractivity contribution in [1.82, 2.24) is 24.8 Å². The maximum absolute atomic E-state index is 12.9. The Balaban J connectivity index is 1.10. The first-order chi connectivity index (χ1) is 18.1. The van der Waals surface area contributed by atoms with Gasteiger partial charge >= 0.3 is 0 Å². The molecule has 3 fully saturated rings. The Kier molecular flexibility index (Phi) is 5.26. The molecule has 0 radical (unpaired) electrons. The zero-order valence-corrected chi connectivity index (χ0v) is 21.0. The van der Waals surface area contributed by atoms with Gasteiger partial charge < -0.3 is 24.4 Å². The fourth-order valence-electron chi connectivity index (χ4n) is 5.61. The van der Waals surface area contributed by atoms with E-state index in [1.54, 1.807) is 0 Å². The summed E-state index contributed by atoms with van der Waals surface area (Å²) in [6, 6.07) is 16.4. The molecule has 0 bridgehead atoms. The topological polar surface area (TPSA) is 77.6 Å². The van der Waals surface area contributed by atoms with E-state index in [0.29, 0.717) is 5.56 Å². The second kappa shape index (κ2) is 8.68. The van der Waals surface area contributed by atoms with E-state index >= 15 is 0 Å². The van der Waals surface area contributed by atoms with Crippen LogP contribution in [0, 0.1) is 5.41 Å². The van der Waals surface area contributed by atoms with Crippen LogP contribution in [0.15, 0.2) is 60.9 Å². The molecule has 188 valence electrons. The number of carbonyl (C=O) groups is 1. The molecule has 8 nitrogen and oxygen atoms in total. The molecule has 3 saturated heterocycles. The Bertz CT molecular complexity index is 1440. The number of nitrogens with one attached hydrogen (secondary N) is 1. The molecule has 0 aliphatic carbocycles. The third-order valence-electron chi connectivity index (χ3n) is 8.01. The van der Waals surface area contributed by atoms with Gasteiger partial charge in [0.2, 0.25) is 0 Å². The number of anilines is 1. The van der Waals surface area contributed by atoms with Gasteiger partial charge in [-0.2, -0.15) is 0 Å². The Morgan fingerprint density at radius 2 is 1.65 bits per heavy atom. The smallest absolute Gasteiger partial charge is 0.253 e. The quantitative estimate of drug-likeness (QED) is 0.468. The second-order valence-corrected chi connectivity index (χ2v) is 10.7. The van der Waals surface area contributed by atoms with Gasteiger partial charge in [0.25, 0.3) is 5.91 Å². The molecule has 1 N–H and O–H groups in total. The van der Waals surface area contributed by atoms with E-state index in [9.17, 15) is 4.79 Å². The van der Waals surface area contributed by atoms with Gasteiger partial charge in [-0.1, -0.05) is 24.3 Å². The average Bonchev–Trinajstić information content (AvgIpc) is 3.31. The summed E-state index contributed by atoms with van der Waals surface area (Å²) in [4.78, 5) is 32.4. The maximum atomic E-state index is 12.9. The maximum Gasteiger partial charge on any atom is 0.253 e. The van der Waals surface area contributed by atoms with Crippen LogP contribution in [0.1, 0.15) is 10.4 Å². The highest BCUT2D eigenvalue weighted by atomic mass is 16.5. The number of hydrogen-bond acceptors (Lipinski definition) is 6. The highest BCUT2D eigenvalue weighted by Crippen LogP contribution is 2.38. The van der Waals surface area contributed by atoms with Crippen molar-refractivity contribution in [3.8, 4) is 22.4 Å². The number of carbonyl (C=O) groups excluding carboxylic acids is 1. The first-order valence-corrected chi connectivity index (χ1v) is 12.9. The van der Waals surface area contributed by atoms with Crippen molar-refractivity contribution < 1.29 is 9.53 Å². The van der Waals surface area contributed by atoms with Crippen LogP contribution in [-0.2, 0) is 4.74 Å². The van der Waals surface area contributed by atoms with Crippen LogP contribution in [0.2, 0.25) is 0 Å². The van der Waals surface area contributed by atoms with Crippen molar-refractivity contribution in [1.29, 1.82) is 0 Å². The number of amides is 1. The zero-order chi connectivity index (χ0) is 25.0. The van der Waals surface area contributed by atoms with Gasteiger partial charge in [-0.15, -0.1) is 0 Å². The molecular weight excluding hydrogens is 464 g/mol. The van der Waals surface area contributed by atoms with Gasteiger partial charge in [0.05, 0.1) is 30.5 Å². The summed E-state index contributed by atoms with van der Waals surface area (Å²) >= 11 is 0. The van der Waals surface area contributed by atoms with Gasteiger partial charge in [-0.25, -0.2) is 9.97 Å². The number of benzene rings is 2. The first-order valence-electron chi connectivity index (χ1n) is 12.9. The molecule has 1 spiro atoms. The molecule has 0 atom stereocenters. The molecule has 2 aromatic heterocycles. The lowest BCUT2D eigenvalue weighted by Crippen LogP contribution is -2.67. The van der Waals surface area contributed by atoms with E-state index in [1.807, 2.05) is 41.6 Å². The van der Waals surface area contributed by atoms with Crippen molar-refractivity contribution in [2.45, 2.75) is 0 Å². The molecule has 1 amide bonds. The van der Waals surface area contributed by atoms with Gasteiger partial charge in [-0.05, 0) is 36.9 Å². The van der Waals surface area contributed by atoms with Crippen LogP contribution >= 0.6 is 0 Å². The van der Waals surface area contributed by atoms with E-state index in [0.717, 1.165) is 86.0 Å². The molecule has 2 aromatic carbocycles. The summed E-state index contributed by atoms with van der Waals surface area (Å²) in [6.07, 6.45) is 3.76. The van der Waals surface area contributed by atoms with Crippen LogP contribution in [0.25, 0.3) is 33.5 Å². The number of rotatable bonds is 4. The Labute approximate surface area is 215 Å². The van der Waals surface area contributed by atoms with Gasteiger partial charge in [0, 0.05) is 67.8 Å². The summed E-state index contributed by atoms with van der Waals surface area (Å²) in [5.74, 6) is 0.0881. The number of likely N-dealkylation sites (N-methyl/N-ethyl adjacent to an activating group) is 1. The summed E-state index contributed by atoms with van der Waals surface area (Å²) in [5, 5.41) is 0. The number of ether oxygens (including phenoxy) is 1. The summed E-state index contributed by atoms with van der Waals surface area (Å²) in [6.45, 7) is 7.42. The van der Waals surface area contributed by atoms with Gasteiger partial charge in [0.1, 0.15) is 5.52 Å². The minimum atomic E-state index is 0.0881. The van der Waals surface area contributed by atoms with Crippen molar-refractivity contribution in [2.75, 3.05) is 64.4 Å². The second-order valence-electron chi connectivity index (χ2n) is 10.7. The molecule has 0 saturated carbocycles. The van der Waals surface area contributed by atoms with E-state index in [2.05, 4.69) is 51.1 Å². The standard InChI is InChI=1S/C29H30N6O2/c1-33-10-12-34(13-11-33)23-8-6-21(7-9-23)25-15-31-27-26(32-25)24(14-30-27)20-2-4-22(5-3-20)28(36)35-16-29(17-35)18-37-19-29/h2-9,14-15H,10-13,16-19H2,1H3,(H,30,31). The lowest BCUT2D eigenvalue weighted by molar-refractivity contribution is -0.176. The predicted octanol–water partition coefficient (Wildman–Crippen LogP) is 3.52. The SMILES string of the molecule is CN1CCN(c2ccc(-c3cnc4[nH]cc(-c5ccc(C(=O)N6CC7(COC7)C6)cc5)c4n3)cc2)CC1. The van der Waals surface area contributed by atoms with Crippen molar-refractivity contribution in [3.63, 3.8) is 0 Å². The number of likely N-dealkylation sites (tertiary alicyclic amines) is 1. The summed E-state index contributed by atoms with van der Waals surface area (Å²) in [5.41, 5.74) is 7.64. The van der Waals surface area contributed by atoms with Crippen LogP contribution < -0.4 is 4.90 Å². The molecule has 4 aromatic rings. The lowest BCUT2D eigenvalue weighted by atomic mass is 9.78. The van der Waals surface area contributed by atoms with Crippen LogP contribution in [0.3, 0.4) is 0 Å². The molecule has 0 unspecified atom stereocenters.